The van der Waals surface area contributed by atoms with Crippen LogP contribution in [0.25, 0.3) is 5.69 Å². The molecule has 2 rings (SSSR count). The number of nitrogens with two attached hydrogens (primary N) is 2. The predicted octanol–water partition coefficient (Wildman–Crippen LogP) is 1.85. The van der Waals surface area contributed by atoms with Gasteiger partial charge in [-0.2, -0.15) is 5.10 Å². The summed E-state index contributed by atoms with van der Waals surface area (Å²) in [7, 11) is 0. The van der Waals surface area contributed by atoms with Gasteiger partial charge in [0, 0.05) is 16.4 Å². The van der Waals surface area contributed by atoms with Crippen molar-refractivity contribution in [3.63, 3.8) is 0 Å². The van der Waals surface area contributed by atoms with E-state index < -0.39 is 0 Å². The van der Waals surface area contributed by atoms with E-state index in [1.54, 1.807) is 6.21 Å². The van der Waals surface area contributed by atoms with Gasteiger partial charge in [-0.25, -0.2) is 0 Å². The number of benzene rings is 1. The summed E-state index contributed by atoms with van der Waals surface area (Å²) in [5.41, 5.74) is 12.3. The Labute approximate surface area is 113 Å². The van der Waals surface area contributed by atoms with Crippen LogP contribution in [0.3, 0.4) is 0 Å². The predicted molar refractivity (Wildman–Crippen MR) is 76.9 cm³/mol. The van der Waals surface area contributed by atoms with Crippen LogP contribution in [0.2, 0.25) is 0 Å². The van der Waals surface area contributed by atoms with E-state index in [1.165, 1.54) is 0 Å². The van der Waals surface area contributed by atoms with Crippen molar-refractivity contribution >= 4 is 28.1 Å². The van der Waals surface area contributed by atoms with Crippen molar-refractivity contribution in [2.24, 2.45) is 21.7 Å². The summed E-state index contributed by atoms with van der Waals surface area (Å²) in [4.78, 5) is 0. The van der Waals surface area contributed by atoms with Gasteiger partial charge in [-0.1, -0.05) is 15.9 Å². The van der Waals surface area contributed by atoms with Crippen LogP contribution >= 0.6 is 15.9 Å². The van der Waals surface area contributed by atoms with Crippen molar-refractivity contribution < 1.29 is 0 Å². The summed E-state index contributed by atoms with van der Waals surface area (Å²) in [5, 5.41) is 7.37. The minimum atomic E-state index is -0.0620. The van der Waals surface area contributed by atoms with Crippen LogP contribution in [0.5, 0.6) is 0 Å². The quantitative estimate of drug-likeness (QED) is 0.515. The second kappa shape index (κ2) is 5.50. The van der Waals surface area contributed by atoms with Gasteiger partial charge in [0.2, 0.25) is 5.96 Å². The third kappa shape index (κ3) is 2.98. The van der Waals surface area contributed by atoms with Crippen molar-refractivity contribution in [3.8, 4) is 5.69 Å². The fourth-order valence-corrected chi connectivity index (χ4v) is 1.76. The largest absolute Gasteiger partial charge is 0.369 e. The van der Waals surface area contributed by atoms with Gasteiger partial charge in [0.05, 0.1) is 11.9 Å². The highest BCUT2D eigenvalue weighted by molar-refractivity contribution is 9.10. The molecule has 0 aliphatic rings. The van der Waals surface area contributed by atoms with Crippen LogP contribution < -0.4 is 11.5 Å². The first kappa shape index (κ1) is 12.4. The van der Waals surface area contributed by atoms with Gasteiger partial charge in [-0.15, -0.1) is 5.10 Å². The maximum atomic E-state index is 5.20. The molecule has 2 aromatic rings. The summed E-state index contributed by atoms with van der Waals surface area (Å²) in [5.74, 6) is -0.0620. The first-order valence-electron chi connectivity index (χ1n) is 5.22. The molecule has 0 aliphatic carbocycles. The highest BCUT2D eigenvalue weighted by Gasteiger charge is 2.00. The lowest BCUT2D eigenvalue weighted by Gasteiger charge is -2.05. The van der Waals surface area contributed by atoms with Gasteiger partial charge in [-0.3, -0.25) is 0 Å². The molecule has 0 amide bonds. The van der Waals surface area contributed by atoms with E-state index in [4.69, 9.17) is 11.5 Å². The van der Waals surface area contributed by atoms with Crippen molar-refractivity contribution in [1.82, 2.24) is 4.57 Å². The van der Waals surface area contributed by atoms with E-state index in [1.807, 2.05) is 47.2 Å². The lowest BCUT2D eigenvalue weighted by Crippen LogP contribution is -2.21. The molecular weight excluding hydrogens is 294 g/mol. The van der Waals surface area contributed by atoms with E-state index >= 15 is 0 Å². The Morgan fingerprint density at radius 3 is 2.56 bits per heavy atom. The standard InChI is InChI=1S/C12H12BrN5/c13-9-3-5-10(6-4-9)18-7-1-2-11(18)8-16-17-12(14)15/h1-8H,(H4,14,15,17)/b16-8+. The molecule has 0 atom stereocenters. The molecule has 0 saturated heterocycles. The molecule has 0 saturated carbocycles. The number of aromatic nitrogens is 1. The number of guanidine groups is 1. The number of hydrogen-bond donors (Lipinski definition) is 2. The van der Waals surface area contributed by atoms with Crippen LogP contribution in [0.1, 0.15) is 5.69 Å². The van der Waals surface area contributed by atoms with Crippen molar-refractivity contribution in [1.29, 1.82) is 0 Å². The van der Waals surface area contributed by atoms with E-state index in [-0.39, 0.29) is 5.96 Å². The highest BCUT2D eigenvalue weighted by atomic mass is 79.9. The van der Waals surface area contributed by atoms with Gasteiger partial charge < -0.3 is 16.0 Å². The monoisotopic (exact) mass is 305 g/mol. The first-order chi connectivity index (χ1) is 8.66. The highest BCUT2D eigenvalue weighted by Crippen LogP contribution is 2.15. The molecule has 1 heterocycles. The second-order valence-electron chi connectivity index (χ2n) is 3.55. The summed E-state index contributed by atoms with van der Waals surface area (Å²) in [6, 6.07) is 11.8. The average molecular weight is 306 g/mol. The lowest BCUT2D eigenvalue weighted by molar-refractivity contribution is 1.06. The molecule has 0 fully saturated rings. The Bertz CT molecular complexity index is 579. The fraction of sp³-hybridized carbons (Fsp3) is 0. The van der Waals surface area contributed by atoms with E-state index in [9.17, 15) is 0 Å². The summed E-state index contributed by atoms with van der Waals surface area (Å²) < 4.78 is 3.02. The number of rotatable bonds is 3. The number of halogens is 1. The van der Waals surface area contributed by atoms with Crippen molar-refractivity contribution in [2.75, 3.05) is 0 Å². The minimum Gasteiger partial charge on any atom is -0.369 e. The van der Waals surface area contributed by atoms with Crippen molar-refractivity contribution in [3.05, 3.63) is 52.8 Å². The maximum absolute atomic E-state index is 5.20. The van der Waals surface area contributed by atoms with Gasteiger partial charge in [-0.05, 0) is 36.4 Å². The van der Waals surface area contributed by atoms with Crippen LogP contribution in [-0.2, 0) is 0 Å². The molecule has 6 heteroatoms. The van der Waals surface area contributed by atoms with Gasteiger partial charge in [0.15, 0.2) is 0 Å². The van der Waals surface area contributed by atoms with Crippen molar-refractivity contribution in [2.45, 2.75) is 0 Å². The molecule has 0 bridgehead atoms. The Morgan fingerprint density at radius 2 is 1.89 bits per heavy atom. The van der Waals surface area contributed by atoms with Crippen LogP contribution in [0, 0.1) is 0 Å². The Balaban J connectivity index is 2.30. The zero-order valence-corrected chi connectivity index (χ0v) is 11.1. The fourth-order valence-electron chi connectivity index (χ4n) is 1.49. The molecule has 0 aliphatic heterocycles. The van der Waals surface area contributed by atoms with Crippen LogP contribution in [-0.4, -0.2) is 16.7 Å². The van der Waals surface area contributed by atoms with E-state index in [2.05, 4.69) is 26.1 Å². The lowest BCUT2D eigenvalue weighted by atomic mass is 10.3. The maximum Gasteiger partial charge on any atom is 0.211 e. The summed E-state index contributed by atoms with van der Waals surface area (Å²) >= 11 is 3.40. The molecule has 18 heavy (non-hydrogen) atoms. The normalized spacial score (nSPS) is 10.7. The molecular formula is C12H12BrN5. The zero-order valence-electron chi connectivity index (χ0n) is 9.49. The van der Waals surface area contributed by atoms with E-state index in [0.29, 0.717) is 0 Å². The molecule has 5 nitrogen and oxygen atoms in total. The summed E-state index contributed by atoms with van der Waals surface area (Å²) in [6.07, 6.45) is 3.54. The molecule has 0 unspecified atom stereocenters. The summed E-state index contributed by atoms with van der Waals surface area (Å²) in [6.45, 7) is 0. The first-order valence-corrected chi connectivity index (χ1v) is 6.01. The topological polar surface area (TPSA) is 81.7 Å². The molecule has 0 radical (unpaired) electrons. The van der Waals surface area contributed by atoms with Crippen LogP contribution in [0.15, 0.2) is 57.3 Å². The second-order valence-corrected chi connectivity index (χ2v) is 4.46. The zero-order chi connectivity index (χ0) is 13.0. The third-order valence-corrected chi connectivity index (χ3v) is 2.78. The average Bonchev–Trinajstić information content (AvgIpc) is 2.78. The Kier molecular flexibility index (Phi) is 3.78. The Hall–Kier alpha value is -2.08. The third-order valence-electron chi connectivity index (χ3n) is 2.25. The number of nitrogens with zero attached hydrogens (tertiary/aromatic N) is 3. The molecule has 92 valence electrons. The smallest absolute Gasteiger partial charge is 0.211 e. The van der Waals surface area contributed by atoms with Gasteiger partial charge >= 0.3 is 0 Å². The van der Waals surface area contributed by atoms with Crippen LogP contribution in [0.4, 0.5) is 0 Å². The molecule has 4 N–H and O–H groups in total. The number of hydrogen-bond acceptors (Lipinski definition) is 2. The minimum absolute atomic E-state index is 0.0620. The Morgan fingerprint density at radius 1 is 1.17 bits per heavy atom. The van der Waals surface area contributed by atoms with E-state index in [0.717, 1.165) is 15.9 Å². The molecule has 1 aromatic heterocycles. The molecule has 1 aromatic carbocycles. The van der Waals surface area contributed by atoms with Gasteiger partial charge in [0.25, 0.3) is 0 Å². The SMILES string of the molecule is NC(N)=N/N=C/c1cccn1-c1ccc(Br)cc1. The molecule has 0 spiro atoms. The van der Waals surface area contributed by atoms with Gasteiger partial charge in [0.1, 0.15) is 0 Å².